The second-order valence-corrected chi connectivity index (χ2v) is 9.36. The summed E-state index contributed by atoms with van der Waals surface area (Å²) in [6.07, 6.45) is 6.04. The molecule has 1 N–H and O–H groups in total. The molecule has 32 heavy (non-hydrogen) atoms. The van der Waals surface area contributed by atoms with E-state index in [1.54, 1.807) is 11.3 Å². The van der Waals surface area contributed by atoms with Crippen LogP contribution in [0.4, 0.5) is 5.95 Å². The van der Waals surface area contributed by atoms with Gasteiger partial charge in [0.15, 0.2) is 5.96 Å². The maximum absolute atomic E-state index is 5.02. The second-order valence-electron chi connectivity index (χ2n) is 8.29. The molecule has 0 aliphatic carbocycles. The molecule has 2 aromatic heterocycles. The van der Waals surface area contributed by atoms with E-state index in [2.05, 4.69) is 54.2 Å². The van der Waals surface area contributed by atoms with Crippen molar-refractivity contribution in [2.45, 2.75) is 33.2 Å². The van der Waals surface area contributed by atoms with Crippen LogP contribution in [0.15, 0.2) is 28.8 Å². The Hall–Kier alpha value is -1.53. The average Bonchev–Trinajstić information content (AvgIpc) is 3.23. The zero-order valence-electron chi connectivity index (χ0n) is 19.1. The maximum atomic E-state index is 5.02. The molecule has 2 aliphatic heterocycles. The molecule has 0 radical (unpaired) electrons. The largest absolute Gasteiger partial charge is 0.357 e. The van der Waals surface area contributed by atoms with E-state index >= 15 is 0 Å². The third kappa shape index (κ3) is 6.98. The number of hydrogen-bond donors (Lipinski definition) is 1. The van der Waals surface area contributed by atoms with Crippen LogP contribution in [0.5, 0.6) is 0 Å². The van der Waals surface area contributed by atoms with Gasteiger partial charge in [-0.1, -0.05) is 0 Å². The van der Waals surface area contributed by atoms with E-state index in [0.29, 0.717) is 5.92 Å². The highest BCUT2D eigenvalue weighted by Crippen LogP contribution is 2.20. The molecular weight excluding hydrogens is 535 g/mol. The molecule has 0 atom stereocenters. The Balaban J connectivity index is 0.00000289. The molecule has 8 nitrogen and oxygen atoms in total. The monoisotopic (exact) mass is 570 g/mol. The standard InChI is InChI=1S/C22H34N8S.HI/c1-3-23-21(29-11-13-30(14-12-29)22-24-7-4-8-25-22)26-15-19-5-9-28(10-6-19)16-20-17-31-18(2)27-20;/h4,7-8,17,19H,3,5-6,9-16H2,1-2H3,(H,23,26);1H. The smallest absolute Gasteiger partial charge is 0.225 e. The summed E-state index contributed by atoms with van der Waals surface area (Å²) >= 11 is 1.74. The van der Waals surface area contributed by atoms with Crippen LogP contribution in [-0.4, -0.2) is 83.1 Å². The van der Waals surface area contributed by atoms with Crippen molar-refractivity contribution in [3.63, 3.8) is 0 Å². The summed E-state index contributed by atoms with van der Waals surface area (Å²) in [6.45, 7) is 13.0. The van der Waals surface area contributed by atoms with Gasteiger partial charge in [-0.15, -0.1) is 35.3 Å². The Morgan fingerprint density at radius 2 is 1.84 bits per heavy atom. The lowest BCUT2D eigenvalue weighted by molar-refractivity contribution is 0.179. The van der Waals surface area contributed by atoms with Crippen molar-refractivity contribution in [3.05, 3.63) is 34.5 Å². The first-order chi connectivity index (χ1) is 15.2. The number of aryl methyl sites for hydroxylation is 1. The van der Waals surface area contributed by atoms with Gasteiger partial charge in [0, 0.05) is 63.6 Å². The van der Waals surface area contributed by atoms with E-state index in [0.717, 1.165) is 75.8 Å². The SMILES string of the molecule is CCNC(=NCC1CCN(Cc2csc(C)n2)CC1)N1CCN(c2ncccn2)CC1.I. The number of aliphatic imine (C=N–C) groups is 1. The number of aromatic nitrogens is 3. The van der Waals surface area contributed by atoms with Gasteiger partial charge in [-0.25, -0.2) is 15.0 Å². The molecule has 2 aliphatic rings. The van der Waals surface area contributed by atoms with E-state index in [1.807, 2.05) is 18.5 Å². The first kappa shape index (κ1) is 25.1. The number of nitrogens with one attached hydrogen (secondary N) is 1. The molecule has 0 bridgehead atoms. The lowest BCUT2D eigenvalue weighted by Crippen LogP contribution is -2.53. The fourth-order valence-electron chi connectivity index (χ4n) is 4.25. The summed E-state index contributed by atoms with van der Waals surface area (Å²) in [5, 5.41) is 6.85. The molecule has 2 aromatic rings. The highest BCUT2D eigenvalue weighted by molar-refractivity contribution is 14.0. The zero-order chi connectivity index (χ0) is 21.5. The van der Waals surface area contributed by atoms with E-state index < -0.39 is 0 Å². The average molecular weight is 571 g/mol. The van der Waals surface area contributed by atoms with Crippen LogP contribution < -0.4 is 10.2 Å². The Morgan fingerprint density at radius 1 is 1.12 bits per heavy atom. The Morgan fingerprint density at radius 3 is 2.47 bits per heavy atom. The number of rotatable bonds is 6. The molecule has 176 valence electrons. The Bertz CT molecular complexity index is 829. The van der Waals surface area contributed by atoms with Crippen LogP contribution in [0.25, 0.3) is 0 Å². The minimum Gasteiger partial charge on any atom is -0.357 e. The minimum atomic E-state index is 0. The van der Waals surface area contributed by atoms with Crippen LogP contribution in [0, 0.1) is 12.8 Å². The molecule has 10 heteroatoms. The predicted molar refractivity (Wildman–Crippen MR) is 142 cm³/mol. The Labute approximate surface area is 212 Å². The summed E-state index contributed by atoms with van der Waals surface area (Å²) in [5.41, 5.74) is 1.22. The van der Waals surface area contributed by atoms with Crippen molar-refractivity contribution in [3.8, 4) is 0 Å². The molecule has 0 spiro atoms. The molecule has 2 saturated heterocycles. The van der Waals surface area contributed by atoms with Gasteiger partial charge in [0.05, 0.1) is 10.7 Å². The van der Waals surface area contributed by atoms with E-state index in [1.165, 1.54) is 18.5 Å². The van der Waals surface area contributed by atoms with Gasteiger partial charge in [0.25, 0.3) is 0 Å². The third-order valence-electron chi connectivity index (χ3n) is 6.01. The molecule has 4 heterocycles. The summed E-state index contributed by atoms with van der Waals surface area (Å²) in [5.74, 6) is 2.54. The molecular formula is C22H35IN8S. The normalized spacial score (nSPS) is 18.5. The van der Waals surface area contributed by atoms with Gasteiger partial charge in [-0.2, -0.15) is 0 Å². The highest BCUT2D eigenvalue weighted by atomic mass is 127. The number of thiazole rings is 1. The van der Waals surface area contributed by atoms with Gasteiger partial charge < -0.3 is 15.1 Å². The summed E-state index contributed by atoms with van der Waals surface area (Å²) < 4.78 is 0. The first-order valence-corrected chi connectivity index (χ1v) is 12.3. The number of piperazine rings is 1. The first-order valence-electron chi connectivity index (χ1n) is 11.4. The van der Waals surface area contributed by atoms with Gasteiger partial charge in [-0.05, 0) is 51.8 Å². The number of halogens is 1. The van der Waals surface area contributed by atoms with Crippen molar-refractivity contribution < 1.29 is 0 Å². The van der Waals surface area contributed by atoms with Crippen LogP contribution in [0.3, 0.4) is 0 Å². The quantitative estimate of drug-likeness (QED) is 0.326. The number of likely N-dealkylation sites (tertiary alicyclic amines) is 1. The van der Waals surface area contributed by atoms with Crippen molar-refractivity contribution in [1.29, 1.82) is 0 Å². The van der Waals surface area contributed by atoms with E-state index in [4.69, 9.17) is 4.99 Å². The van der Waals surface area contributed by atoms with Crippen LogP contribution in [0.2, 0.25) is 0 Å². The zero-order valence-corrected chi connectivity index (χ0v) is 22.3. The number of hydrogen-bond acceptors (Lipinski definition) is 7. The van der Waals surface area contributed by atoms with Gasteiger partial charge >= 0.3 is 0 Å². The number of nitrogens with zero attached hydrogens (tertiary/aromatic N) is 7. The third-order valence-corrected chi connectivity index (χ3v) is 6.83. The van der Waals surface area contributed by atoms with Gasteiger partial charge in [-0.3, -0.25) is 9.89 Å². The minimum absolute atomic E-state index is 0. The van der Waals surface area contributed by atoms with Crippen LogP contribution in [-0.2, 0) is 6.54 Å². The summed E-state index contributed by atoms with van der Waals surface area (Å²) in [7, 11) is 0. The molecule has 0 unspecified atom stereocenters. The van der Waals surface area contributed by atoms with Crippen molar-refractivity contribution >= 4 is 47.2 Å². The number of anilines is 1. The molecule has 2 fully saturated rings. The lowest BCUT2D eigenvalue weighted by atomic mass is 9.97. The number of piperidine rings is 1. The fraction of sp³-hybridized carbons (Fsp3) is 0.636. The van der Waals surface area contributed by atoms with Gasteiger partial charge in [0.2, 0.25) is 5.95 Å². The van der Waals surface area contributed by atoms with Crippen molar-refractivity contribution in [1.82, 2.24) is 30.1 Å². The summed E-state index contributed by atoms with van der Waals surface area (Å²) in [6, 6.07) is 1.86. The van der Waals surface area contributed by atoms with Gasteiger partial charge in [0.1, 0.15) is 0 Å². The lowest BCUT2D eigenvalue weighted by Gasteiger charge is -2.37. The topological polar surface area (TPSA) is 72.8 Å². The predicted octanol–water partition coefficient (Wildman–Crippen LogP) is 2.86. The fourth-order valence-corrected chi connectivity index (χ4v) is 4.86. The molecule has 0 amide bonds. The maximum Gasteiger partial charge on any atom is 0.225 e. The van der Waals surface area contributed by atoms with Crippen molar-refractivity contribution in [2.75, 3.05) is 57.3 Å². The van der Waals surface area contributed by atoms with Crippen LogP contribution in [0.1, 0.15) is 30.5 Å². The van der Waals surface area contributed by atoms with Crippen LogP contribution >= 0.6 is 35.3 Å². The van der Waals surface area contributed by atoms with E-state index in [9.17, 15) is 0 Å². The molecule has 0 aromatic carbocycles. The molecule has 0 saturated carbocycles. The number of guanidine groups is 1. The second kappa shape index (κ2) is 12.6. The van der Waals surface area contributed by atoms with Crippen molar-refractivity contribution in [2.24, 2.45) is 10.9 Å². The highest BCUT2D eigenvalue weighted by Gasteiger charge is 2.23. The molecule has 4 rings (SSSR count). The Kier molecular flexibility index (Phi) is 9.92. The summed E-state index contributed by atoms with van der Waals surface area (Å²) in [4.78, 5) is 25.6. The van der Waals surface area contributed by atoms with E-state index in [-0.39, 0.29) is 24.0 Å².